The normalized spacial score (nSPS) is 10.4. The zero-order chi connectivity index (χ0) is 13.1. The largest absolute Gasteiger partial charge is 0.574 e. The van der Waals surface area contributed by atoms with Gasteiger partial charge < -0.3 is 10.5 Å². The molecular weight excluding hydrogens is 237 g/mol. The van der Waals surface area contributed by atoms with Gasteiger partial charge in [0.25, 0.3) is 0 Å². The minimum atomic E-state index is -4.93. The standard InChI is InChI=1S/C9H5F3N4O/c10-9(11,12)17-8-6(1-2-13)7(15)5(3-14)4-16-8/h4H,1H2,(H2,15,16). The molecule has 0 bridgehead atoms. The maximum Gasteiger partial charge on any atom is 0.574 e. The number of rotatable bonds is 2. The number of hydrogen-bond acceptors (Lipinski definition) is 5. The van der Waals surface area contributed by atoms with Crippen molar-refractivity contribution >= 4 is 5.69 Å². The fourth-order valence-corrected chi connectivity index (χ4v) is 1.08. The van der Waals surface area contributed by atoms with Crippen LogP contribution in [0.3, 0.4) is 0 Å². The Morgan fingerprint density at radius 1 is 1.41 bits per heavy atom. The summed E-state index contributed by atoms with van der Waals surface area (Å²) >= 11 is 0. The molecule has 0 atom stereocenters. The molecule has 0 spiro atoms. The summed E-state index contributed by atoms with van der Waals surface area (Å²) in [6.07, 6.45) is -4.51. The van der Waals surface area contributed by atoms with E-state index in [-0.39, 0.29) is 16.8 Å². The number of nitrogens with two attached hydrogens (primary N) is 1. The minimum absolute atomic E-state index is 0.107. The van der Waals surface area contributed by atoms with Crippen molar-refractivity contribution in [2.75, 3.05) is 5.73 Å². The zero-order valence-corrected chi connectivity index (χ0v) is 8.25. The number of nitrogen functional groups attached to an aromatic ring is 1. The Balaban J connectivity index is 3.28. The summed E-state index contributed by atoms with van der Waals surface area (Å²) in [5.74, 6) is -0.810. The lowest BCUT2D eigenvalue weighted by Gasteiger charge is -2.12. The molecule has 88 valence electrons. The highest BCUT2D eigenvalue weighted by Crippen LogP contribution is 2.29. The lowest BCUT2D eigenvalue weighted by molar-refractivity contribution is -0.276. The molecule has 1 aromatic rings. The number of anilines is 1. The molecule has 0 aliphatic carbocycles. The molecule has 17 heavy (non-hydrogen) atoms. The molecule has 0 aromatic carbocycles. The van der Waals surface area contributed by atoms with Gasteiger partial charge in [-0.2, -0.15) is 10.5 Å². The topological polar surface area (TPSA) is 95.7 Å². The van der Waals surface area contributed by atoms with Crippen LogP contribution in [0.25, 0.3) is 0 Å². The van der Waals surface area contributed by atoms with Crippen molar-refractivity contribution < 1.29 is 17.9 Å². The monoisotopic (exact) mass is 242 g/mol. The lowest BCUT2D eigenvalue weighted by Crippen LogP contribution is -2.19. The molecule has 0 amide bonds. The van der Waals surface area contributed by atoms with E-state index in [4.69, 9.17) is 16.3 Å². The molecule has 0 saturated heterocycles. The summed E-state index contributed by atoms with van der Waals surface area (Å²) in [7, 11) is 0. The molecule has 1 aromatic heterocycles. The van der Waals surface area contributed by atoms with Gasteiger partial charge in [-0.25, -0.2) is 4.98 Å². The predicted molar refractivity (Wildman–Crippen MR) is 49.4 cm³/mol. The maximum atomic E-state index is 12.0. The first-order valence-electron chi connectivity index (χ1n) is 4.19. The van der Waals surface area contributed by atoms with Crippen molar-refractivity contribution in [2.45, 2.75) is 12.8 Å². The van der Waals surface area contributed by atoms with E-state index in [2.05, 4.69) is 9.72 Å². The number of pyridine rings is 1. The molecule has 1 heterocycles. The number of aromatic nitrogens is 1. The number of hydrogen-bond donors (Lipinski definition) is 1. The van der Waals surface area contributed by atoms with Gasteiger partial charge in [0.1, 0.15) is 6.07 Å². The Kier molecular flexibility index (Phi) is 3.39. The molecule has 0 unspecified atom stereocenters. The molecule has 0 saturated carbocycles. The highest BCUT2D eigenvalue weighted by atomic mass is 19.4. The van der Waals surface area contributed by atoms with Gasteiger partial charge in [0.2, 0.25) is 5.88 Å². The highest BCUT2D eigenvalue weighted by Gasteiger charge is 2.33. The highest BCUT2D eigenvalue weighted by molar-refractivity contribution is 5.62. The summed E-state index contributed by atoms with van der Waals surface area (Å²) in [5, 5.41) is 17.1. The van der Waals surface area contributed by atoms with Crippen molar-refractivity contribution in [1.82, 2.24) is 4.98 Å². The second kappa shape index (κ2) is 4.58. The summed E-state index contributed by atoms with van der Waals surface area (Å²) < 4.78 is 39.7. The number of ether oxygens (including phenoxy) is 1. The third kappa shape index (κ3) is 2.98. The van der Waals surface area contributed by atoms with E-state index in [1.165, 1.54) is 0 Å². The van der Waals surface area contributed by atoms with E-state index in [1.54, 1.807) is 12.1 Å². The molecule has 0 fully saturated rings. The van der Waals surface area contributed by atoms with Crippen LogP contribution in [0.2, 0.25) is 0 Å². The number of alkyl halides is 3. The first-order valence-corrected chi connectivity index (χ1v) is 4.19. The Labute approximate surface area is 93.8 Å². The van der Waals surface area contributed by atoms with Crippen LogP contribution in [0.15, 0.2) is 6.20 Å². The Morgan fingerprint density at radius 2 is 2.06 bits per heavy atom. The fourth-order valence-electron chi connectivity index (χ4n) is 1.08. The predicted octanol–water partition coefficient (Wildman–Crippen LogP) is 1.50. The van der Waals surface area contributed by atoms with Crippen molar-refractivity contribution in [1.29, 1.82) is 10.5 Å². The third-order valence-corrected chi connectivity index (χ3v) is 1.77. The summed E-state index contributed by atoms with van der Waals surface area (Å²) in [4.78, 5) is 3.32. The molecule has 2 N–H and O–H groups in total. The molecule has 0 aliphatic rings. The van der Waals surface area contributed by atoms with Crippen LogP contribution < -0.4 is 10.5 Å². The van der Waals surface area contributed by atoms with Gasteiger partial charge >= 0.3 is 6.36 Å². The average Bonchev–Trinajstić information content (AvgIpc) is 2.22. The molecule has 0 radical (unpaired) electrons. The summed E-state index contributed by atoms with van der Waals surface area (Å²) in [6.45, 7) is 0. The zero-order valence-electron chi connectivity index (χ0n) is 8.25. The van der Waals surface area contributed by atoms with Gasteiger partial charge in [0.15, 0.2) is 0 Å². The van der Waals surface area contributed by atoms with E-state index >= 15 is 0 Å². The minimum Gasteiger partial charge on any atom is -0.397 e. The Morgan fingerprint density at radius 3 is 2.53 bits per heavy atom. The van der Waals surface area contributed by atoms with Gasteiger partial charge in [0, 0.05) is 0 Å². The SMILES string of the molecule is N#CCc1c(OC(F)(F)F)ncc(C#N)c1N. The molecule has 0 aliphatic heterocycles. The Hall–Kier alpha value is -2.48. The third-order valence-electron chi connectivity index (χ3n) is 1.77. The number of halogens is 3. The lowest BCUT2D eigenvalue weighted by atomic mass is 10.1. The first-order chi connectivity index (χ1) is 7.89. The second-order valence-corrected chi connectivity index (χ2v) is 2.86. The van der Waals surface area contributed by atoms with Gasteiger partial charge in [-0.15, -0.1) is 13.2 Å². The molecule has 5 nitrogen and oxygen atoms in total. The van der Waals surface area contributed by atoms with Crippen molar-refractivity contribution in [3.05, 3.63) is 17.3 Å². The second-order valence-electron chi connectivity index (χ2n) is 2.86. The van der Waals surface area contributed by atoms with Gasteiger partial charge in [0.05, 0.1) is 35.5 Å². The van der Waals surface area contributed by atoms with Crippen LogP contribution in [0, 0.1) is 22.7 Å². The van der Waals surface area contributed by atoms with Crippen LogP contribution in [0.4, 0.5) is 18.9 Å². The van der Waals surface area contributed by atoms with E-state index in [0.29, 0.717) is 0 Å². The van der Waals surface area contributed by atoms with Crippen molar-refractivity contribution in [3.8, 4) is 18.0 Å². The van der Waals surface area contributed by atoms with E-state index in [9.17, 15) is 13.2 Å². The maximum absolute atomic E-state index is 12.0. The van der Waals surface area contributed by atoms with Crippen LogP contribution in [0.5, 0.6) is 5.88 Å². The Bertz CT molecular complexity index is 513. The van der Waals surface area contributed by atoms with Crippen LogP contribution >= 0.6 is 0 Å². The number of nitrogens with zero attached hydrogens (tertiary/aromatic N) is 3. The van der Waals surface area contributed by atoms with Crippen LogP contribution in [0.1, 0.15) is 11.1 Å². The van der Waals surface area contributed by atoms with E-state index in [0.717, 1.165) is 6.20 Å². The number of nitriles is 2. The fraction of sp³-hybridized carbons (Fsp3) is 0.222. The van der Waals surface area contributed by atoms with Crippen LogP contribution in [-0.2, 0) is 6.42 Å². The van der Waals surface area contributed by atoms with Gasteiger partial charge in [-0.3, -0.25) is 0 Å². The summed E-state index contributed by atoms with van der Waals surface area (Å²) in [5.41, 5.74) is 4.85. The average molecular weight is 242 g/mol. The summed E-state index contributed by atoms with van der Waals surface area (Å²) in [6, 6.07) is 3.28. The van der Waals surface area contributed by atoms with Gasteiger partial charge in [-0.1, -0.05) is 0 Å². The van der Waals surface area contributed by atoms with E-state index in [1.807, 2.05) is 0 Å². The van der Waals surface area contributed by atoms with E-state index < -0.39 is 18.7 Å². The molecular formula is C9H5F3N4O. The van der Waals surface area contributed by atoms with Crippen LogP contribution in [-0.4, -0.2) is 11.3 Å². The van der Waals surface area contributed by atoms with Crippen molar-refractivity contribution in [2.24, 2.45) is 0 Å². The smallest absolute Gasteiger partial charge is 0.397 e. The molecule has 8 heteroatoms. The van der Waals surface area contributed by atoms with Gasteiger partial charge in [-0.05, 0) is 0 Å². The van der Waals surface area contributed by atoms with Crippen molar-refractivity contribution in [3.63, 3.8) is 0 Å². The molecule has 1 rings (SSSR count). The quantitative estimate of drug-likeness (QED) is 0.847. The first kappa shape index (κ1) is 12.6.